The van der Waals surface area contributed by atoms with E-state index in [1.165, 1.54) is 83.8 Å². The highest BCUT2D eigenvalue weighted by atomic mass is 16.2. The first kappa shape index (κ1) is 23.7. The van der Waals surface area contributed by atoms with E-state index in [1.54, 1.807) is 0 Å². The van der Waals surface area contributed by atoms with E-state index in [4.69, 9.17) is 0 Å². The lowest BCUT2D eigenvalue weighted by Gasteiger charge is -2.47. The Labute approximate surface area is 175 Å². The fraction of sp³-hybridized carbons (Fsp3) is 0.960. The van der Waals surface area contributed by atoms with Gasteiger partial charge < -0.3 is 9.80 Å². The number of rotatable bonds is 11. The maximum absolute atomic E-state index is 12.4. The number of piperidine rings is 2. The Bertz CT molecular complexity index is 430. The van der Waals surface area contributed by atoms with Crippen LogP contribution in [0, 0.1) is 17.3 Å². The molecular weight excluding hydrogens is 344 g/mol. The average Bonchev–Trinajstić information content (AvgIpc) is 2.70. The fourth-order valence-electron chi connectivity index (χ4n) is 5.16. The van der Waals surface area contributed by atoms with E-state index in [1.807, 2.05) is 0 Å². The van der Waals surface area contributed by atoms with Gasteiger partial charge in [0.25, 0.3) is 0 Å². The first-order valence-electron chi connectivity index (χ1n) is 12.5. The van der Waals surface area contributed by atoms with Crippen LogP contribution < -0.4 is 0 Å². The molecular formula is C25H48N2O. The average molecular weight is 393 g/mol. The van der Waals surface area contributed by atoms with Crippen molar-refractivity contribution in [3.05, 3.63) is 0 Å². The van der Waals surface area contributed by atoms with Gasteiger partial charge in [-0.3, -0.25) is 4.79 Å². The van der Waals surface area contributed by atoms with Crippen LogP contribution in [0.15, 0.2) is 0 Å². The Morgan fingerprint density at radius 2 is 1.54 bits per heavy atom. The van der Waals surface area contributed by atoms with Gasteiger partial charge in [0.15, 0.2) is 0 Å². The van der Waals surface area contributed by atoms with Crippen LogP contribution in [0.2, 0.25) is 0 Å². The molecule has 0 aliphatic carbocycles. The van der Waals surface area contributed by atoms with Gasteiger partial charge in [0.05, 0.1) is 0 Å². The molecule has 0 radical (unpaired) electrons. The summed E-state index contributed by atoms with van der Waals surface area (Å²) in [5, 5.41) is 0. The topological polar surface area (TPSA) is 23.6 Å². The molecule has 2 aliphatic heterocycles. The van der Waals surface area contributed by atoms with Gasteiger partial charge in [-0.15, -0.1) is 0 Å². The van der Waals surface area contributed by atoms with Crippen LogP contribution in [-0.4, -0.2) is 48.4 Å². The number of likely N-dealkylation sites (tertiary alicyclic amines) is 2. The molecule has 2 aliphatic rings. The summed E-state index contributed by atoms with van der Waals surface area (Å²) in [5.74, 6) is 1.92. The van der Waals surface area contributed by atoms with Crippen molar-refractivity contribution in [3.63, 3.8) is 0 Å². The Balaban J connectivity index is 1.68. The Morgan fingerprint density at radius 1 is 0.893 bits per heavy atom. The Hall–Kier alpha value is -0.570. The van der Waals surface area contributed by atoms with Gasteiger partial charge in [-0.1, -0.05) is 59.8 Å². The maximum atomic E-state index is 12.4. The molecule has 0 aromatic carbocycles. The van der Waals surface area contributed by atoms with Crippen LogP contribution in [-0.2, 0) is 4.79 Å². The summed E-state index contributed by atoms with van der Waals surface area (Å²) in [6, 6.07) is 0. The fourth-order valence-corrected chi connectivity index (χ4v) is 5.16. The molecule has 2 fully saturated rings. The molecule has 1 unspecified atom stereocenters. The molecule has 0 saturated carbocycles. The predicted molar refractivity (Wildman–Crippen MR) is 121 cm³/mol. The van der Waals surface area contributed by atoms with Crippen molar-refractivity contribution in [1.82, 2.24) is 9.80 Å². The van der Waals surface area contributed by atoms with Crippen molar-refractivity contribution in [1.29, 1.82) is 0 Å². The molecule has 2 rings (SSSR count). The Morgan fingerprint density at radius 3 is 2.11 bits per heavy atom. The van der Waals surface area contributed by atoms with Crippen molar-refractivity contribution in [2.75, 3.05) is 32.7 Å². The highest BCUT2D eigenvalue weighted by Crippen LogP contribution is 2.41. The molecule has 0 aromatic rings. The highest BCUT2D eigenvalue weighted by Gasteiger charge is 2.38. The lowest BCUT2D eigenvalue weighted by atomic mass is 9.71. The number of nitrogens with zero attached hydrogens (tertiary/aromatic N) is 2. The molecule has 1 amide bonds. The number of hydrogen-bond acceptors (Lipinski definition) is 2. The summed E-state index contributed by atoms with van der Waals surface area (Å²) in [7, 11) is 0. The summed E-state index contributed by atoms with van der Waals surface area (Å²) in [6.45, 7) is 15.0. The molecule has 0 bridgehead atoms. The quantitative estimate of drug-likeness (QED) is 0.395. The minimum absolute atomic E-state index is 0.398. The van der Waals surface area contributed by atoms with Crippen LogP contribution in [0.1, 0.15) is 105 Å². The number of amides is 1. The molecule has 3 nitrogen and oxygen atoms in total. The van der Waals surface area contributed by atoms with Gasteiger partial charge in [-0.05, 0) is 68.9 Å². The number of carbonyl (C=O) groups excluding carboxylic acids is 1. The first-order chi connectivity index (χ1) is 13.5. The van der Waals surface area contributed by atoms with E-state index in [0.717, 1.165) is 31.8 Å². The zero-order chi connectivity index (χ0) is 20.4. The summed E-state index contributed by atoms with van der Waals surface area (Å²) in [4.78, 5) is 17.3. The van der Waals surface area contributed by atoms with Gasteiger partial charge in [-0.25, -0.2) is 0 Å². The molecule has 0 N–H and O–H groups in total. The minimum atomic E-state index is 0.398. The van der Waals surface area contributed by atoms with E-state index in [9.17, 15) is 4.79 Å². The minimum Gasteiger partial charge on any atom is -0.343 e. The monoisotopic (exact) mass is 392 g/mol. The van der Waals surface area contributed by atoms with Gasteiger partial charge >= 0.3 is 0 Å². The molecule has 0 aromatic heterocycles. The summed E-state index contributed by atoms with van der Waals surface area (Å²) < 4.78 is 0. The predicted octanol–water partition coefficient (Wildman–Crippen LogP) is 6.12. The van der Waals surface area contributed by atoms with Gasteiger partial charge in [0.1, 0.15) is 0 Å². The van der Waals surface area contributed by atoms with Crippen molar-refractivity contribution in [2.45, 2.75) is 105 Å². The van der Waals surface area contributed by atoms with Crippen molar-refractivity contribution >= 4 is 5.91 Å². The second-order valence-corrected chi connectivity index (χ2v) is 10.2. The van der Waals surface area contributed by atoms with E-state index >= 15 is 0 Å². The van der Waals surface area contributed by atoms with Crippen molar-refractivity contribution in [3.8, 4) is 0 Å². The smallest absolute Gasteiger partial charge is 0.222 e. The van der Waals surface area contributed by atoms with Crippen LogP contribution in [0.3, 0.4) is 0 Å². The zero-order valence-corrected chi connectivity index (χ0v) is 19.5. The van der Waals surface area contributed by atoms with Crippen molar-refractivity contribution in [2.24, 2.45) is 17.3 Å². The third-order valence-corrected chi connectivity index (χ3v) is 7.59. The van der Waals surface area contributed by atoms with Gasteiger partial charge in [0, 0.05) is 26.1 Å². The molecule has 1 atom stereocenters. The summed E-state index contributed by atoms with van der Waals surface area (Å²) >= 11 is 0. The molecule has 1 spiro atoms. The Kier molecular flexibility index (Phi) is 10.3. The number of hydrogen-bond donors (Lipinski definition) is 0. The third-order valence-electron chi connectivity index (χ3n) is 7.59. The van der Waals surface area contributed by atoms with E-state index in [0.29, 0.717) is 17.2 Å². The zero-order valence-electron chi connectivity index (χ0n) is 19.5. The SMILES string of the molecule is CCCCCCC(CC)CN1CCC2(CC1)CCN(C(=O)CCC(C)C)CC2. The molecule has 28 heavy (non-hydrogen) atoms. The van der Waals surface area contributed by atoms with E-state index < -0.39 is 0 Å². The highest BCUT2D eigenvalue weighted by molar-refractivity contribution is 5.76. The molecule has 2 heterocycles. The lowest BCUT2D eigenvalue weighted by Crippen LogP contribution is -2.48. The molecule has 3 heteroatoms. The van der Waals surface area contributed by atoms with Gasteiger partial charge in [0.2, 0.25) is 5.91 Å². The van der Waals surface area contributed by atoms with E-state index in [2.05, 4.69) is 37.5 Å². The maximum Gasteiger partial charge on any atom is 0.222 e. The van der Waals surface area contributed by atoms with Crippen LogP contribution in [0.4, 0.5) is 0 Å². The number of carbonyl (C=O) groups is 1. The molecule has 2 saturated heterocycles. The summed E-state index contributed by atoms with van der Waals surface area (Å²) in [5.41, 5.74) is 0.536. The van der Waals surface area contributed by atoms with Crippen LogP contribution in [0.5, 0.6) is 0 Å². The number of unbranched alkanes of at least 4 members (excludes halogenated alkanes) is 3. The molecule has 164 valence electrons. The summed E-state index contributed by atoms with van der Waals surface area (Å²) in [6.07, 6.45) is 15.3. The van der Waals surface area contributed by atoms with Crippen LogP contribution >= 0.6 is 0 Å². The lowest BCUT2D eigenvalue weighted by molar-refractivity contribution is -0.134. The first-order valence-corrected chi connectivity index (χ1v) is 12.5. The largest absolute Gasteiger partial charge is 0.343 e. The standard InChI is InChI=1S/C25H48N2O/c1-5-7-8-9-10-23(6-2)21-26-17-13-25(14-18-26)15-19-27(20-16-25)24(28)12-11-22(3)4/h22-23H,5-21H2,1-4H3. The van der Waals surface area contributed by atoms with Gasteiger partial charge in [-0.2, -0.15) is 0 Å². The normalized spacial score (nSPS) is 21.4. The van der Waals surface area contributed by atoms with Crippen molar-refractivity contribution < 1.29 is 4.79 Å². The third kappa shape index (κ3) is 7.69. The second kappa shape index (κ2) is 12.2. The second-order valence-electron chi connectivity index (χ2n) is 10.2. The van der Waals surface area contributed by atoms with E-state index in [-0.39, 0.29) is 0 Å². The van der Waals surface area contributed by atoms with Crippen LogP contribution in [0.25, 0.3) is 0 Å².